The molecule has 0 unspecified atom stereocenters. The number of ether oxygens (including phenoxy) is 3. The Morgan fingerprint density at radius 3 is 2.26 bits per heavy atom. The van der Waals surface area contributed by atoms with Crippen molar-refractivity contribution in [2.24, 2.45) is 11.8 Å². The first-order chi connectivity index (χ1) is 20.2. The minimum atomic E-state index is -2.93. The summed E-state index contributed by atoms with van der Waals surface area (Å²) in [4.78, 5) is 38.7. The molecule has 0 aliphatic carbocycles. The zero-order valence-corrected chi connectivity index (χ0v) is 24.8. The third-order valence-electron chi connectivity index (χ3n) is 8.28. The van der Waals surface area contributed by atoms with Gasteiger partial charge in [-0.05, 0) is 15.4 Å². The predicted molar refractivity (Wildman–Crippen MR) is 156 cm³/mol. The molecule has 0 amide bonds. The number of rotatable bonds is 7. The summed E-state index contributed by atoms with van der Waals surface area (Å²) >= 11 is 0. The van der Waals surface area contributed by atoms with Crippen LogP contribution in [0.25, 0.3) is 11.2 Å². The van der Waals surface area contributed by atoms with Gasteiger partial charge in [0.2, 0.25) is 0 Å². The van der Waals surface area contributed by atoms with Crippen LogP contribution in [0.3, 0.4) is 0 Å². The molecule has 2 saturated heterocycles. The number of esters is 2. The number of nitrogens with zero attached hydrogens (tertiary/aromatic N) is 4. The lowest BCUT2D eigenvalue weighted by Gasteiger charge is -2.43. The maximum atomic E-state index is 13.1. The van der Waals surface area contributed by atoms with Crippen LogP contribution in [-0.2, 0) is 28.2 Å². The molecule has 2 N–H and O–H groups in total. The van der Waals surface area contributed by atoms with E-state index in [4.69, 9.17) is 24.4 Å². The monoisotopic (exact) mass is 587 g/mol. The minimum absolute atomic E-state index is 0.121. The Kier molecular flexibility index (Phi) is 7.07. The van der Waals surface area contributed by atoms with E-state index in [0.717, 1.165) is 10.4 Å². The fraction of sp³-hybridized carbons (Fsp3) is 0.367. The molecule has 4 aromatic rings. The molecule has 0 saturated carbocycles. The van der Waals surface area contributed by atoms with Crippen molar-refractivity contribution < 1.29 is 28.2 Å². The molecular formula is C30H33N5O6Si. The van der Waals surface area contributed by atoms with Gasteiger partial charge in [-0.25, -0.2) is 15.0 Å². The van der Waals surface area contributed by atoms with E-state index in [1.54, 1.807) is 4.57 Å². The van der Waals surface area contributed by atoms with Gasteiger partial charge < -0.3 is 24.4 Å². The highest BCUT2D eigenvalue weighted by molar-refractivity contribution is 6.99. The van der Waals surface area contributed by atoms with Crippen LogP contribution in [0.4, 0.5) is 5.82 Å². The molecule has 0 bridgehead atoms. The van der Waals surface area contributed by atoms with E-state index in [1.165, 1.54) is 19.8 Å². The van der Waals surface area contributed by atoms with Crippen molar-refractivity contribution in [3.63, 3.8) is 0 Å². The van der Waals surface area contributed by atoms with E-state index >= 15 is 0 Å². The van der Waals surface area contributed by atoms with Crippen LogP contribution in [0.2, 0.25) is 5.04 Å². The number of methoxy groups -OCH3 is 1. The number of imidazole rings is 1. The molecule has 2 aromatic heterocycles. The summed E-state index contributed by atoms with van der Waals surface area (Å²) in [5, 5.41) is 1.94. The lowest BCUT2D eigenvalue weighted by molar-refractivity contribution is -0.161. The molecule has 2 aromatic carbocycles. The lowest BCUT2D eigenvalue weighted by atomic mass is 9.88. The number of nitrogen functional groups attached to an aromatic ring is 1. The highest BCUT2D eigenvalue weighted by Crippen LogP contribution is 2.48. The van der Waals surface area contributed by atoms with Crippen LogP contribution in [0.1, 0.15) is 27.0 Å². The van der Waals surface area contributed by atoms with Crippen LogP contribution in [0.15, 0.2) is 73.3 Å². The van der Waals surface area contributed by atoms with E-state index < -0.39 is 50.5 Å². The number of nitrogens with two attached hydrogens (primary N) is 1. The summed E-state index contributed by atoms with van der Waals surface area (Å²) in [5.74, 6) is -3.01. The Balaban J connectivity index is 1.41. The summed E-state index contributed by atoms with van der Waals surface area (Å²) in [6.45, 7) is 6.68. The summed E-state index contributed by atoms with van der Waals surface area (Å²) in [6, 6.07) is 20.5. The van der Waals surface area contributed by atoms with Crippen molar-refractivity contribution in [1.82, 2.24) is 19.5 Å². The second-order valence-corrected chi connectivity index (χ2v) is 15.9. The van der Waals surface area contributed by atoms with Gasteiger partial charge in [0, 0.05) is 0 Å². The van der Waals surface area contributed by atoms with Gasteiger partial charge in [0.1, 0.15) is 30.3 Å². The third kappa shape index (κ3) is 4.37. The molecule has 0 spiro atoms. The zero-order valence-electron chi connectivity index (χ0n) is 23.8. The van der Waals surface area contributed by atoms with Gasteiger partial charge >= 0.3 is 11.9 Å². The number of benzene rings is 2. The van der Waals surface area contributed by atoms with Crippen molar-refractivity contribution in [3.8, 4) is 0 Å². The molecule has 12 heteroatoms. The molecule has 6 rings (SSSR count). The van der Waals surface area contributed by atoms with Crippen LogP contribution in [-0.4, -0.2) is 65.7 Å². The van der Waals surface area contributed by atoms with Crippen LogP contribution in [0.5, 0.6) is 0 Å². The standard InChI is InChI=1S/C30H33N5O6Si/c1-30(2,3)42(18-11-7-5-8-12-18,19-13-9-6-10-14-19)39-15-20-24-21(22(28(36)38-4)29(37)41-24)27(40-20)35-17-34-23-25(31)32-16-33-26(23)35/h5-14,16-17,20-22,24,27H,15H2,1-4H3,(H2,31,32,33)/t20-,21-,22+,24-,27-/m1/s1. The fourth-order valence-corrected chi connectivity index (χ4v) is 11.0. The maximum absolute atomic E-state index is 13.1. The van der Waals surface area contributed by atoms with Gasteiger partial charge in [0.15, 0.2) is 17.4 Å². The molecule has 5 atom stereocenters. The number of anilines is 1. The number of aromatic nitrogens is 4. The van der Waals surface area contributed by atoms with Crippen molar-refractivity contribution in [3.05, 3.63) is 73.3 Å². The van der Waals surface area contributed by atoms with Crippen molar-refractivity contribution >= 4 is 47.6 Å². The van der Waals surface area contributed by atoms with E-state index in [1.807, 2.05) is 36.4 Å². The third-order valence-corrected chi connectivity index (χ3v) is 13.3. The molecule has 42 heavy (non-hydrogen) atoms. The van der Waals surface area contributed by atoms with Gasteiger partial charge in [-0.1, -0.05) is 81.4 Å². The first kappa shape index (κ1) is 28.0. The van der Waals surface area contributed by atoms with E-state index in [0.29, 0.717) is 11.2 Å². The molecule has 218 valence electrons. The van der Waals surface area contributed by atoms with Crippen LogP contribution >= 0.6 is 0 Å². The SMILES string of the molecule is COC(=O)[C@H]1C(=O)O[C@H]2[C@@H]1[C@H](n1cnc3c(N)ncnc31)O[C@@H]2CO[Si](c1ccccc1)(c1ccccc1)C(C)(C)C. The topological polar surface area (TPSA) is 141 Å². The Morgan fingerprint density at radius 2 is 1.67 bits per heavy atom. The Morgan fingerprint density at radius 1 is 1.02 bits per heavy atom. The quantitative estimate of drug-likeness (QED) is 0.194. The van der Waals surface area contributed by atoms with E-state index in [9.17, 15) is 9.59 Å². The Labute approximate surface area is 244 Å². The van der Waals surface area contributed by atoms with Crippen molar-refractivity contribution in [2.75, 3.05) is 19.5 Å². The smallest absolute Gasteiger partial charge is 0.321 e. The van der Waals surface area contributed by atoms with Crippen LogP contribution < -0.4 is 16.1 Å². The average molecular weight is 588 g/mol. The fourth-order valence-electron chi connectivity index (χ4n) is 6.42. The molecule has 2 aliphatic heterocycles. The largest absolute Gasteiger partial charge is 0.468 e. The Bertz CT molecular complexity index is 1570. The molecule has 2 fully saturated rings. The van der Waals surface area contributed by atoms with Crippen LogP contribution in [0, 0.1) is 11.8 Å². The first-order valence-electron chi connectivity index (χ1n) is 13.8. The summed E-state index contributed by atoms with van der Waals surface area (Å²) < 4.78 is 26.2. The normalized spacial score (nSPS) is 24.0. The predicted octanol–water partition coefficient (Wildman–Crippen LogP) is 2.21. The molecule has 4 heterocycles. The lowest BCUT2D eigenvalue weighted by Crippen LogP contribution is -2.67. The Hall–Kier alpha value is -4.13. The number of carbonyl (C=O) groups excluding carboxylic acids is 2. The number of fused-ring (bicyclic) bond motifs is 2. The van der Waals surface area contributed by atoms with Gasteiger partial charge in [-0.15, -0.1) is 0 Å². The first-order valence-corrected chi connectivity index (χ1v) is 15.7. The maximum Gasteiger partial charge on any atom is 0.321 e. The van der Waals surface area contributed by atoms with Gasteiger partial charge in [-0.3, -0.25) is 14.2 Å². The van der Waals surface area contributed by atoms with Crippen molar-refractivity contribution in [1.29, 1.82) is 0 Å². The van der Waals surface area contributed by atoms with Gasteiger partial charge in [0.25, 0.3) is 8.32 Å². The average Bonchev–Trinajstić information content (AvgIpc) is 3.66. The van der Waals surface area contributed by atoms with Crippen molar-refractivity contribution in [2.45, 2.75) is 44.2 Å². The number of hydrogen-bond acceptors (Lipinski definition) is 10. The number of hydrogen-bond donors (Lipinski definition) is 1. The highest BCUT2D eigenvalue weighted by Gasteiger charge is 2.62. The molecule has 0 radical (unpaired) electrons. The molecular weight excluding hydrogens is 554 g/mol. The van der Waals surface area contributed by atoms with Gasteiger partial charge in [0.05, 0.1) is 26.0 Å². The van der Waals surface area contributed by atoms with E-state index in [-0.39, 0.29) is 17.5 Å². The second kappa shape index (κ2) is 10.6. The molecule has 11 nitrogen and oxygen atoms in total. The van der Waals surface area contributed by atoms with E-state index in [2.05, 4.69) is 60.0 Å². The summed E-state index contributed by atoms with van der Waals surface area (Å²) in [7, 11) is -1.68. The van der Waals surface area contributed by atoms with Gasteiger partial charge in [-0.2, -0.15) is 0 Å². The number of carbonyl (C=O) groups is 2. The summed E-state index contributed by atoms with van der Waals surface area (Å²) in [6.07, 6.45) is 0.593. The molecule has 2 aliphatic rings. The second-order valence-electron chi connectivity index (χ2n) is 11.6. The highest BCUT2D eigenvalue weighted by atomic mass is 28.4. The summed E-state index contributed by atoms with van der Waals surface area (Å²) in [5.41, 5.74) is 6.84. The zero-order chi connectivity index (χ0) is 29.6. The minimum Gasteiger partial charge on any atom is -0.468 e.